The first-order valence-corrected chi connectivity index (χ1v) is 5.88. The third kappa shape index (κ3) is 4.12. The molecule has 0 unspecified atom stereocenters. The summed E-state index contributed by atoms with van der Waals surface area (Å²) < 4.78 is 4.61. The molecule has 0 amide bonds. The minimum absolute atomic E-state index is 0.276. The van der Waals surface area contributed by atoms with E-state index in [1.54, 1.807) is 18.3 Å². The van der Waals surface area contributed by atoms with E-state index in [0.29, 0.717) is 12.1 Å². The van der Waals surface area contributed by atoms with Gasteiger partial charge in [-0.2, -0.15) is 0 Å². The fourth-order valence-electron chi connectivity index (χ4n) is 1.19. The van der Waals surface area contributed by atoms with Gasteiger partial charge in [-0.15, -0.1) is 11.3 Å². The predicted molar refractivity (Wildman–Crippen MR) is 64.2 cm³/mol. The number of hydrogen-bond donors (Lipinski definition) is 0. The van der Waals surface area contributed by atoms with Gasteiger partial charge in [-0.05, 0) is 14.0 Å². The minimum Gasteiger partial charge on any atom is -0.466 e. The highest BCUT2D eigenvalue weighted by Gasteiger charge is 2.04. The Bertz CT molecular complexity index is 360. The Morgan fingerprint density at radius 3 is 3.00 bits per heavy atom. The number of carbonyl (C=O) groups excluding carboxylic acids is 1. The second-order valence-electron chi connectivity index (χ2n) is 3.56. The first-order valence-electron chi connectivity index (χ1n) is 4.94. The van der Waals surface area contributed by atoms with Gasteiger partial charge in [0.05, 0.1) is 18.3 Å². The summed E-state index contributed by atoms with van der Waals surface area (Å²) in [5.41, 5.74) is 3.50. The number of likely N-dealkylation sites (N-methyl/N-ethyl adjacent to an activating group) is 1. The third-order valence-corrected chi connectivity index (χ3v) is 2.77. The van der Waals surface area contributed by atoms with E-state index < -0.39 is 0 Å². The highest BCUT2D eigenvalue weighted by atomic mass is 32.1. The summed E-state index contributed by atoms with van der Waals surface area (Å²) in [6.07, 6.45) is 1.86. The van der Waals surface area contributed by atoms with Crippen LogP contribution in [0.15, 0.2) is 22.5 Å². The Morgan fingerprint density at radius 1 is 1.69 bits per heavy atom. The van der Waals surface area contributed by atoms with Crippen LogP contribution < -0.4 is 0 Å². The van der Waals surface area contributed by atoms with Crippen molar-refractivity contribution in [1.29, 1.82) is 0 Å². The molecule has 0 aliphatic rings. The molecule has 0 radical (unpaired) electrons. The van der Waals surface area contributed by atoms with Gasteiger partial charge in [0.1, 0.15) is 0 Å². The van der Waals surface area contributed by atoms with Gasteiger partial charge in [-0.3, -0.25) is 4.90 Å². The third-order valence-electron chi connectivity index (χ3n) is 2.13. The molecule has 0 saturated heterocycles. The van der Waals surface area contributed by atoms with E-state index in [-0.39, 0.29) is 5.97 Å². The van der Waals surface area contributed by atoms with Gasteiger partial charge in [-0.1, -0.05) is 6.08 Å². The first-order chi connectivity index (χ1) is 7.63. The van der Waals surface area contributed by atoms with Gasteiger partial charge in [0.2, 0.25) is 0 Å². The quantitative estimate of drug-likeness (QED) is 0.580. The molecular weight excluding hydrogens is 224 g/mol. The maximum atomic E-state index is 11.1. The van der Waals surface area contributed by atoms with Crippen LogP contribution in [0.4, 0.5) is 0 Å². The van der Waals surface area contributed by atoms with Crippen molar-refractivity contribution in [3.8, 4) is 0 Å². The molecule has 0 atom stereocenters. The van der Waals surface area contributed by atoms with Crippen LogP contribution in [0.25, 0.3) is 0 Å². The number of thiazole rings is 1. The summed E-state index contributed by atoms with van der Waals surface area (Å²) in [5, 5.41) is 2.02. The van der Waals surface area contributed by atoms with E-state index >= 15 is 0 Å². The fraction of sp³-hybridized carbons (Fsp3) is 0.455. The maximum absolute atomic E-state index is 11.1. The van der Waals surface area contributed by atoms with E-state index in [1.165, 1.54) is 7.11 Å². The second-order valence-corrected chi connectivity index (χ2v) is 4.27. The standard InChI is InChI=1S/C11H16N2O2S/c1-9(11(14)15-3)4-5-13(2)6-10-7-16-8-12-10/h4,7-8H,5-6H2,1-3H3. The number of aromatic nitrogens is 1. The Labute approximate surface area is 99.6 Å². The van der Waals surface area contributed by atoms with Crippen LogP contribution in [-0.2, 0) is 16.1 Å². The molecule has 1 rings (SSSR count). The average molecular weight is 240 g/mol. The van der Waals surface area contributed by atoms with Crippen molar-refractivity contribution in [2.45, 2.75) is 13.5 Å². The van der Waals surface area contributed by atoms with Crippen molar-refractivity contribution < 1.29 is 9.53 Å². The maximum Gasteiger partial charge on any atom is 0.333 e. The lowest BCUT2D eigenvalue weighted by atomic mass is 10.3. The van der Waals surface area contributed by atoms with E-state index in [0.717, 1.165) is 12.2 Å². The molecule has 1 aromatic heterocycles. The van der Waals surface area contributed by atoms with E-state index in [2.05, 4.69) is 14.6 Å². The Hall–Kier alpha value is -1.20. The number of esters is 1. The summed E-state index contributed by atoms with van der Waals surface area (Å²) in [6.45, 7) is 3.25. The van der Waals surface area contributed by atoms with Crippen molar-refractivity contribution >= 4 is 17.3 Å². The van der Waals surface area contributed by atoms with Gasteiger partial charge in [-0.25, -0.2) is 9.78 Å². The molecule has 0 spiro atoms. The van der Waals surface area contributed by atoms with Crippen molar-refractivity contribution in [2.24, 2.45) is 0 Å². The zero-order valence-electron chi connectivity index (χ0n) is 9.77. The van der Waals surface area contributed by atoms with Crippen LogP contribution >= 0.6 is 11.3 Å². The largest absolute Gasteiger partial charge is 0.466 e. The summed E-state index contributed by atoms with van der Waals surface area (Å²) in [4.78, 5) is 17.4. The zero-order valence-corrected chi connectivity index (χ0v) is 10.6. The fourth-order valence-corrected chi connectivity index (χ4v) is 1.74. The monoisotopic (exact) mass is 240 g/mol. The molecule has 0 bridgehead atoms. The van der Waals surface area contributed by atoms with Crippen LogP contribution in [0.3, 0.4) is 0 Å². The van der Waals surface area contributed by atoms with Gasteiger partial charge >= 0.3 is 5.97 Å². The minimum atomic E-state index is -0.276. The number of rotatable bonds is 5. The molecule has 1 heterocycles. The summed E-state index contributed by atoms with van der Waals surface area (Å²) in [7, 11) is 3.37. The van der Waals surface area contributed by atoms with Crippen LogP contribution in [0, 0.1) is 0 Å². The summed E-state index contributed by atoms with van der Waals surface area (Å²) >= 11 is 1.59. The van der Waals surface area contributed by atoms with Crippen LogP contribution in [0.2, 0.25) is 0 Å². The molecule has 1 aromatic rings. The number of methoxy groups -OCH3 is 1. The number of nitrogens with zero attached hydrogens (tertiary/aromatic N) is 2. The van der Waals surface area contributed by atoms with Crippen molar-refractivity contribution in [3.63, 3.8) is 0 Å². The normalized spacial score (nSPS) is 11.9. The molecule has 0 saturated carbocycles. The highest BCUT2D eigenvalue weighted by Crippen LogP contribution is 2.04. The van der Waals surface area contributed by atoms with E-state index in [1.807, 2.05) is 24.0 Å². The molecule has 0 N–H and O–H groups in total. The van der Waals surface area contributed by atoms with Gasteiger partial charge in [0.25, 0.3) is 0 Å². The molecule has 16 heavy (non-hydrogen) atoms. The number of hydrogen-bond acceptors (Lipinski definition) is 5. The molecule has 5 heteroatoms. The summed E-state index contributed by atoms with van der Waals surface area (Å²) in [5.74, 6) is -0.276. The molecule has 0 aliphatic carbocycles. The molecule has 4 nitrogen and oxygen atoms in total. The van der Waals surface area contributed by atoms with E-state index in [4.69, 9.17) is 0 Å². The Balaban J connectivity index is 2.40. The summed E-state index contributed by atoms with van der Waals surface area (Å²) in [6, 6.07) is 0. The average Bonchev–Trinajstić information content (AvgIpc) is 2.77. The predicted octanol–water partition coefficient (Wildman–Crippen LogP) is 1.69. The Kier molecular flexibility index (Phi) is 5.14. The highest BCUT2D eigenvalue weighted by molar-refractivity contribution is 7.07. The molecule has 0 fully saturated rings. The molecule has 0 aromatic carbocycles. The number of ether oxygens (including phenoxy) is 1. The lowest BCUT2D eigenvalue weighted by molar-refractivity contribution is -0.136. The second kappa shape index (κ2) is 6.40. The molecule has 88 valence electrons. The number of carbonyl (C=O) groups is 1. The van der Waals surface area contributed by atoms with Crippen LogP contribution in [-0.4, -0.2) is 36.6 Å². The van der Waals surface area contributed by atoms with Gasteiger partial charge in [0.15, 0.2) is 0 Å². The Morgan fingerprint density at radius 2 is 2.44 bits per heavy atom. The molecule has 0 aliphatic heterocycles. The van der Waals surface area contributed by atoms with Crippen LogP contribution in [0.5, 0.6) is 0 Å². The van der Waals surface area contributed by atoms with E-state index in [9.17, 15) is 4.79 Å². The topological polar surface area (TPSA) is 42.4 Å². The van der Waals surface area contributed by atoms with Crippen molar-refractivity contribution in [2.75, 3.05) is 20.7 Å². The molecular formula is C11H16N2O2S. The van der Waals surface area contributed by atoms with Crippen LogP contribution in [0.1, 0.15) is 12.6 Å². The van der Waals surface area contributed by atoms with Gasteiger partial charge < -0.3 is 4.74 Å². The lowest BCUT2D eigenvalue weighted by Gasteiger charge is -2.12. The smallest absolute Gasteiger partial charge is 0.333 e. The first kappa shape index (κ1) is 12.9. The van der Waals surface area contributed by atoms with Gasteiger partial charge in [0, 0.05) is 24.0 Å². The van der Waals surface area contributed by atoms with Crippen molar-refractivity contribution in [3.05, 3.63) is 28.2 Å². The SMILES string of the molecule is COC(=O)C(C)=CCN(C)Cc1cscn1. The lowest BCUT2D eigenvalue weighted by Crippen LogP contribution is -2.18. The zero-order chi connectivity index (χ0) is 12.0. The van der Waals surface area contributed by atoms with Crippen molar-refractivity contribution in [1.82, 2.24) is 9.88 Å².